The predicted octanol–water partition coefficient (Wildman–Crippen LogP) is 1.92. The number of nitrogens with one attached hydrogen (secondary N) is 2. The summed E-state index contributed by atoms with van der Waals surface area (Å²) in [4.78, 5) is 28.3. The summed E-state index contributed by atoms with van der Waals surface area (Å²) in [5, 5.41) is 0.721. The molecule has 0 unspecified atom stereocenters. The van der Waals surface area contributed by atoms with E-state index >= 15 is 0 Å². The van der Waals surface area contributed by atoms with Gasteiger partial charge in [0.1, 0.15) is 0 Å². The number of carbonyl (C=O) groups is 2. The van der Waals surface area contributed by atoms with E-state index in [2.05, 4.69) is 20.7 Å². The van der Waals surface area contributed by atoms with Crippen LogP contribution < -0.4 is 15.8 Å². The summed E-state index contributed by atoms with van der Waals surface area (Å²) in [6.45, 7) is 3.44. The summed E-state index contributed by atoms with van der Waals surface area (Å²) in [6, 6.07) is 16.5. The molecule has 0 radical (unpaired) electrons. The third kappa shape index (κ3) is 4.97. The standard InChI is InChI=1S/C19H21ClN4O2/c20-16-7-4-8-17(13-16)24-11-9-23(10-12-24)14-18(25)21-22-19(26)15-5-2-1-3-6-15/h1-8,13H,9-12,14H2,(H,21,25)(H,22,26). The second-order valence-electron chi connectivity index (χ2n) is 6.11. The fraction of sp³-hybridized carbons (Fsp3) is 0.263. The Balaban J connectivity index is 1.41. The number of benzene rings is 2. The lowest BCUT2D eigenvalue weighted by molar-refractivity contribution is -0.123. The lowest BCUT2D eigenvalue weighted by Gasteiger charge is -2.35. The van der Waals surface area contributed by atoms with Gasteiger partial charge >= 0.3 is 0 Å². The van der Waals surface area contributed by atoms with Crippen molar-refractivity contribution in [3.8, 4) is 0 Å². The van der Waals surface area contributed by atoms with Gasteiger partial charge in [-0.15, -0.1) is 0 Å². The first-order chi connectivity index (χ1) is 12.6. The molecule has 7 heteroatoms. The van der Waals surface area contributed by atoms with E-state index in [1.807, 2.05) is 30.3 Å². The van der Waals surface area contributed by atoms with Gasteiger partial charge < -0.3 is 4.90 Å². The molecule has 1 saturated heterocycles. The third-order valence-corrected chi connectivity index (χ3v) is 4.50. The topological polar surface area (TPSA) is 64.7 Å². The van der Waals surface area contributed by atoms with Crippen LogP contribution in [0.1, 0.15) is 10.4 Å². The minimum atomic E-state index is -0.329. The molecular weight excluding hydrogens is 352 g/mol. The number of anilines is 1. The molecular formula is C19H21ClN4O2. The van der Waals surface area contributed by atoms with Crippen LogP contribution in [-0.2, 0) is 4.79 Å². The van der Waals surface area contributed by atoms with E-state index < -0.39 is 0 Å². The van der Waals surface area contributed by atoms with Crippen molar-refractivity contribution in [3.63, 3.8) is 0 Å². The van der Waals surface area contributed by atoms with Gasteiger partial charge in [0.15, 0.2) is 0 Å². The van der Waals surface area contributed by atoms with E-state index in [4.69, 9.17) is 11.6 Å². The minimum Gasteiger partial charge on any atom is -0.369 e. The summed E-state index contributed by atoms with van der Waals surface area (Å²) in [5.74, 6) is -0.560. The lowest BCUT2D eigenvalue weighted by atomic mass is 10.2. The molecule has 0 atom stereocenters. The largest absolute Gasteiger partial charge is 0.369 e. The number of halogens is 1. The molecule has 3 rings (SSSR count). The summed E-state index contributed by atoms with van der Waals surface area (Å²) in [7, 11) is 0. The van der Waals surface area contributed by atoms with Crippen molar-refractivity contribution >= 4 is 29.1 Å². The molecule has 1 heterocycles. The number of rotatable bonds is 4. The molecule has 0 aliphatic carbocycles. The zero-order chi connectivity index (χ0) is 18.4. The summed E-state index contributed by atoms with van der Waals surface area (Å²) in [6.07, 6.45) is 0. The highest BCUT2D eigenvalue weighted by Crippen LogP contribution is 2.20. The number of amides is 2. The van der Waals surface area contributed by atoms with Crippen LogP contribution in [-0.4, -0.2) is 49.4 Å². The van der Waals surface area contributed by atoms with Crippen LogP contribution in [0.15, 0.2) is 54.6 Å². The predicted molar refractivity (Wildman–Crippen MR) is 102 cm³/mol. The number of hydrazine groups is 1. The van der Waals surface area contributed by atoms with Crippen molar-refractivity contribution in [2.24, 2.45) is 0 Å². The van der Waals surface area contributed by atoms with Gasteiger partial charge in [-0.1, -0.05) is 35.9 Å². The molecule has 1 aliphatic heterocycles. The van der Waals surface area contributed by atoms with E-state index in [-0.39, 0.29) is 18.4 Å². The SMILES string of the molecule is O=C(CN1CCN(c2cccc(Cl)c2)CC1)NNC(=O)c1ccccc1. The summed E-state index contributed by atoms with van der Waals surface area (Å²) >= 11 is 6.04. The molecule has 0 bridgehead atoms. The average Bonchev–Trinajstić information content (AvgIpc) is 2.67. The number of nitrogens with zero attached hydrogens (tertiary/aromatic N) is 2. The van der Waals surface area contributed by atoms with E-state index in [9.17, 15) is 9.59 Å². The Morgan fingerprint density at radius 3 is 2.35 bits per heavy atom. The highest BCUT2D eigenvalue weighted by Gasteiger charge is 2.19. The van der Waals surface area contributed by atoms with Crippen LogP contribution in [0.5, 0.6) is 0 Å². The molecule has 2 N–H and O–H groups in total. The fourth-order valence-corrected chi connectivity index (χ4v) is 3.05. The summed E-state index contributed by atoms with van der Waals surface area (Å²) < 4.78 is 0. The van der Waals surface area contributed by atoms with Crippen molar-refractivity contribution in [1.29, 1.82) is 0 Å². The van der Waals surface area contributed by atoms with E-state index in [0.29, 0.717) is 5.56 Å². The molecule has 0 aromatic heterocycles. The van der Waals surface area contributed by atoms with Gasteiger partial charge in [-0.05, 0) is 30.3 Å². The molecule has 0 spiro atoms. The molecule has 2 amide bonds. The van der Waals surface area contributed by atoms with Crippen LogP contribution in [0.4, 0.5) is 5.69 Å². The van der Waals surface area contributed by atoms with Gasteiger partial charge in [-0.25, -0.2) is 0 Å². The molecule has 2 aromatic carbocycles. The number of hydrogen-bond acceptors (Lipinski definition) is 4. The van der Waals surface area contributed by atoms with Gasteiger partial charge in [0.2, 0.25) is 0 Å². The number of piperazine rings is 1. The van der Waals surface area contributed by atoms with Crippen molar-refractivity contribution in [3.05, 3.63) is 65.2 Å². The second kappa shape index (κ2) is 8.69. The second-order valence-corrected chi connectivity index (χ2v) is 6.55. The maximum atomic E-state index is 12.0. The van der Waals surface area contributed by atoms with E-state index in [0.717, 1.165) is 36.9 Å². The minimum absolute atomic E-state index is 0.231. The van der Waals surface area contributed by atoms with Gasteiger partial charge in [0.05, 0.1) is 6.54 Å². The molecule has 6 nitrogen and oxygen atoms in total. The molecule has 2 aromatic rings. The molecule has 0 saturated carbocycles. The van der Waals surface area contributed by atoms with Crippen LogP contribution in [0.25, 0.3) is 0 Å². The Morgan fingerprint density at radius 1 is 0.923 bits per heavy atom. The maximum absolute atomic E-state index is 12.0. The van der Waals surface area contributed by atoms with Crippen LogP contribution >= 0.6 is 11.6 Å². The van der Waals surface area contributed by atoms with Gasteiger partial charge in [-0.2, -0.15) is 0 Å². The lowest BCUT2D eigenvalue weighted by Crippen LogP contribution is -2.52. The highest BCUT2D eigenvalue weighted by atomic mass is 35.5. The van der Waals surface area contributed by atoms with Crippen LogP contribution in [0.2, 0.25) is 5.02 Å². The van der Waals surface area contributed by atoms with Crippen molar-refractivity contribution in [2.75, 3.05) is 37.6 Å². The zero-order valence-corrected chi connectivity index (χ0v) is 15.1. The molecule has 1 aliphatic rings. The monoisotopic (exact) mass is 372 g/mol. The fourth-order valence-electron chi connectivity index (χ4n) is 2.87. The van der Waals surface area contributed by atoms with E-state index in [1.165, 1.54) is 0 Å². The molecule has 1 fully saturated rings. The average molecular weight is 373 g/mol. The third-order valence-electron chi connectivity index (χ3n) is 4.26. The first kappa shape index (κ1) is 18.2. The summed E-state index contributed by atoms with van der Waals surface area (Å²) in [5.41, 5.74) is 6.50. The van der Waals surface area contributed by atoms with Crippen molar-refractivity contribution < 1.29 is 9.59 Å². The molecule has 136 valence electrons. The zero-order valence-electron chi connectivity index (χ0n) is 14.3. The van der Waals surface area contributed by atoms with Gasteiger partial charge in [0, 0.05) is 42.5 Å². The number of carbonyl (C=O) groups excluding carboxylic acids is 2. The quantitative estimate of drug-likeness (QED) is 0.805. The Labute approximate surface area is 157 Å². The Hall–Kier alpha value is -2.57. The van der Waals surface area contributed by atoms with Crippen molar-refractivity contribution in [1.82, 2.24) is 15.8 Å². The molecule has 26 heavy (non-hydrogen) atoms. The Morgan fingerprint density at radius 2 is 1.65 bits per heavy atom. The maximum Gasteiger partial charge on any atom is 0.269 e. The number of hydrogen-bond donors (Lipinski definition) is 2. The smallest absolute Gasteiger partial charge is 0.269 e. The van der Waals surface area contributed by atoms with E-state index in [1.54, 1.807) is 24.3 Å². The van der Waals surface area contributed by atoms with Crippen LogP contribution in [0, 0.1) is 0 Å². The Bertz CT molecular complexity index is 761. The highest BCUT2D eigenvalue weighted by molar-refractivity contribution is 6.30. The van der Waals surface area contributed by atoms with Crippen molar-refractivity contribution in [2.45, 2.75) is 0 Å². The van der Waals surface area contributed by atoms with Gasteiger partial charge in [-0.3, -0.25) is 25.3 Å². The van der Waals surface area contributed by atoms with Crippen LogP contribution in [0.3, 0.4) is 0 Å². The normalized spacial score (nSPS) is 14.7. The first-order valence-electron chi connectivity index (χ1n) is 8.49. The van der Waals surface area contributed by atoms with Gasteiger partial charge in [0.25, 0.3) is 11.8 Å². The Kier molecular flexibility index (Phi) is 6.09. The first-order valence-corrected chi connectivity index (χ1v) is 8.87.